The maximum atomic E-state index is 12.9. The quantitative estimate of drug-likeness (QED) is 0.702. The molecule has 1 aromatic heterocycles. The fourth-order valence-electron chi connectivity index (χ4n) is 3.40. The third-order valence-corrected chi connectivity index (χ3v) is 5.32. The van der Waals surface area contributed by atoms with Gasteiger partial charge in [0.15, 0.2) is 12.4 Å². The van der Waals surface area contributed by atoms with Crippen molar-refractivity contribution < 1.29 is 9.30 Å². The summed E-state index contributed by atoms with van der Waals surface area (Å²) in [6.45, 7) is 12.4. The van der Waals surface area contributed by atoms with Crippen molar-refractivity contribution in [3.63, 3.8) is 0 Å². The lowest BCUT2D eigenvalue weighted by atomic mass is 9.85. The van der Waals surface area contributed by atoms with E-state index >= 15 is 0 Å². The van der Waals surface area contributed by atoms with E-state index < -0.39 is 0 Å². The number of nitriles is 1. The van der Waals surface area contributed by atoms with Crippen molar-refractivity contribution in [2.75, 3.05) is 0 Å². The molecular weight excluding hydrogens is 388 g/mol. The molecule has 0 aliphatic carbocycles. The minimum atomic E-state index is -0.377. The van der Waals surface area contributed by atoms with Gasteiger partial charge in [0.1, 0.15) is 24.6 Å². The van der Waals surface area contributed by atoms with Crippen LogP contribution in [0.1, 0.15) is 47.1 Å². The van der Waals surface area contributed by atoms with Crippen LogP contribution in [0.3, 0.4) is 0 Å². The standard InChI is InChI=1S/C26H29N2O3/c1-25(2,3)20-13-16(14-21(31-20)26(4,5)6)12-18-23(29)22(24(18)30)19(15-27)17-8-10-28(7)11-9-17/h8-14,16H,1-7H3/q+1. The van der Waals surface area contributed by atoms with E-state index in [0.717, 1.165) is 11.5 Å². The number of hydrogen-bond acceptors (Lipinski definition) is 4. The molecule has 0 unspecified atom stereocenters. The number of nitrogens with zero attached hydrogens (tertiary/aromatic N) is 2. The second-order valence-corrected chi connectivity index (χ2v) is 10.1. The summed E-state index contributed by atoms with van der Waals surface area (Å²) in [5.74, 6) is 1.39. The summed E-state index contributed by atoms with van der Waals surface area (Å²) in [6.07, 6.45) is 9.14. The molecule has 0 saturated heterocycles. The molecule has 2 aromatic rings. The van der Waals surface area contributed by atoms with E-state index in [1.54, 1.807) is 30.6 Å². The topological polar surface area (TPSA) is 71.0 Å². The first-order chi connectivity index (χ1) is 14.3. The molecule has 0 bridgehead atoms. The Labute approximate surface area is 182 Å². The Morgan fingerprint density at radius 3 is 1.90 bits per heavy atom. The van der Waals surface area contributed by atoms with Crippen LogP contribution in [0.4, 0.5) is 0 Å². The van der Waals surface area contributed by atoms with Gasteiger partial charge in [0.2, 0.25) is 10.9 Å². The van der Waals surface area contributed by atoms with E-state index in [0.29, 0.717) is 5.56 Å². The van der Waals surface area contributed by atoms with E-state index in [4.69, 9.17) is 4.74 Å². The SMILES string of the molecule is C[n+]1ccc(C(C#N)=c2c(=O)c(=CC3C=C(C(C)(C)C)OC(C(C)(C)C)=C3)c2=O)cc1. The maximum Gasteiger partial charge on any atom is 0.202 e. The van der Waals surface area contributed by atoms with Crippen LogP contribution in [0.2, 0.25) is 0 Å². The van der Waals surface area contributed by atoms with Gasteiger partial charge in [-0.15, -0.1) is 0 Å². The second-order valence-electron chi connectivity index (χ2n) is 10.1. The molecule has 1 aliphatic heterocycles. The second kappa shape index (κ2) is 7.77. The lowest BCUT2D eigenvalue weighted by molar-refractivity contribution is -0.671. The zero-order chi connectivity index (χ0) is 23.1. The van der Waals surface area contributed by atoms with Gasteiger partial charge in [0.05, 0.1) is 16.0 Å². The first kappa shape index (κ1) is 22.4. The smallest absolute Gasteiger partial charge is 0.202 e. The fourth-order valence-corrected chi connectivity index (χ4v) is 3.40. The van der Waals surface area contributed by atoms with Crippen LogP contribution in [0.15, 0.2) is 57.8 Å². The number of ether oxygens (including phenoxy) is 1. The van der Waals surface area contributed by atoms with Crippen LogP contribution in [0.25, 0.3) is 11.6 Å². The number of rotatable bonds is 2. The molecule has 0 fully saturated rings. The Morgan fingerprint density at radius 1 is 1.00 bits per heavy atom. The number of hydrogen-bond donors (Lipinski definition) is 0. The lowest BCUT2D eigenvalue weighted by Crippen LogP contribution is -2.65. The van der Waals surface area contributed by atoms with Gasteiger partial charge in [-0.25, -0.2) is 4.57 Å². The average Bonchev–Trinajstić information content (AvgIpc) is 2.69. The van der Waals surface area contributed by atoms with Crippen molar-refractivity contribution in [2.24, 2.45) is 23.8 Å². The highest BCUT2D eigenvalue weighted by Crippen LogP contribution is 2.39. The third-order valence-electron chi connectivity index (χ3n) is 5.32. The molecule has 160 valence electrons. The first-order valence-electron chi connectivity index (χ1n) is 10.4. The highest BCUT2D eigenvalue weighted by atomic mass is 16.5. The largest absolute Gasteiger partial charge is 0.466 e. The molecule has 5 nitrogen and oxygen atoms in total. The van der Waals surface area contributed by atoms with E-state index in [9.17, 15) is 14.9 Å². The summed E-state index contributed by atoms with van der Waals surface area (Å²) in [7, 11) is 1.86. The molecule has 0 saturated carbocycles. The predicted molar refractivity (Wildman–Crippen MR) is 120 cm³/mol. The van der Waals surface area contributed by atoms with Crippen LogP contribution in [0.5, 0.6) is 0 Å². The molecule has 0 radical (unpaired) electrons. The highest BCUT2D eigenvalue weighted by molar-refractivity contribution is 5.76. The van der Waals surface area contributed by atoms with Gasteiger partial charge in [-0.2, -0.15) is 5.26 Å². The van der Waals surface area contributed by atoms with Gasteiger partial charge in [0, 0.05) is 34.4 Å². The van der Waals surface area contributed by atoms with Crippen molar-refractivity contribution in [2.45, 2.75) is 41.5 Å². The average molecular weight is 418 g/mol. The fraction of sp³-hybridized carbons (Fsp3) is 0.385. The molecule has 2 heterocycles. The Balaban J connectivity index is 2.16. The van der Waals surface area contributed by atoms with Crippen molar-refractivity contribution in [1.29, 1.82) is 5.26 Å². The Hall–Kier alpha value is -3.26. The van der Waals surface area contributed by atoms with Crippen LogP contribution >= 0.6 is 0 Å². The van der Waals surface area contributed by atoms with E-state index in [-0.39, 0.29) is 43.6 Å². The molecule has 0 spiro atoms. The molecule has 5 heteroatoms. The summed E-state index contributed by atoms with van der Waals surface area (Å²) in [5.41, 5.74) is -0.492. The van der Waals surface area contributed by atoms with Gasteiger partial charge in [-0.05, 0) is 12.2 Å². The van der Waals surface area contributed by atoms with E-state index in [2.05, 4.69) is 41.5 Å². The van der Waals surface area contributed by atoms with Gasteiger partial charge in [-0.3, -0.25) is 9.59 Å². The molecule has 0 N–H and O–H groups in total. The number of aromatic nitrogens is 1. The molecular formula is C26H29N2O3+. The van der Waals surface area contributed by atoms with Gasteiger partial charge < -0.3 is 4.74 Å². The van der Waals surface area contributed by atoms with Crippen molar-refractivity contribution in [3.05, 3.63) is 84.6 Å². The molecule has 1 aromatic carbocycles. The first-order valence-corrected chi connectivity index (χ1v) is 10.4. The van der Waals surface area contributed by atoms with Crippen molar-refractivity contribution >= 4 is 11.6 Å². The summed E-state index contributed by atoms with van der Waals surface area (Å²) in [6, 6.07) is 5.49. The number of pyridine rings is 1. The molecule has 1 aliphatic rings. The predicted octanol–water partition coefficient (Wildman–Crippen LogP) is 2.12. The lowest BCUT2D eigenvalue weighted by Gasteiger charge is -2.33. The highest BCUT2D eigenvalue weighted by Gasteiger charge is 2.30. The summed E-state index contributed by atoms with van der Waals surface area (Å²) < 4.78 is 7.97. The van der Waals surface area contributed by atoms with E-state index in [1.165, 1.54) is 0 Å². The third kappa shape index (κ3) is 4.44. The normalized spacial score (nSPS) is 15.0. The van der Waals surface area contributed by atoms with Crippen molar-refractivity contribution in [1.82, 2.24) is 0 Å². The zero-order valence-electron chi connectivity index (χ0n) is 19.2. The minimum absolute atomic E-state index is 0.0327. The van der Waals surface area contributed by atoms with Crippen LogP contribution in [0, 0.1) is 28.1 Å². The summed E-state index contributed by atoms with van der Waals surface area (Å²) in [4.78, 5) is 25.7. The Bertz CT molecular complexity index is 1250. The monoisotopic (exact) mass is 417 g/mol. The van der Waals surface area contributed by atoms with Crippen LogP contribution < -0.4 is 25.9 Å². The molecule has 0 atom stereocenters. The number of aryl methyl sites for hydroxylation is 1. The van der Waals surface area contributed by atoms with E-state index in [1.807, 2.05) is 29.8 Å². The molecule has 31 heavy (non-hydrogen) atoms. The Kier molecular flexibility index (Phi) is 5.62. The van der Waals surface area contributed by atoms with Gasteiger partial charge in [0.25, 0.3) is 0 Å². The maximum absolute atomic E-state index is 12.9. The Morgan fingerprint density at radius 2 is 1.48 bits per heavy atom. The van der Waals surface area contributed by atoms with Crippen molar-refractivity contribution in [3.8, 4) is 6.07 Å². The molecule has 0 amide bonds. The van der Waals surface area contributed by atoms with Gasteiger partial charge >= 0.3 is 0 Å². The van der Waals surface area contributed by atoms with Gasteiger partial charge in [-0.1, -0.05) is 47.6 Å². The number of allylic oxidation sites excluding steroid dienone is 4. The van der Waals surface area contributed by atoms with Crippen LogP contribution in [-0.2, 0) is 11.8 Å². The summed E-state index contributed by atoms with van der Waals surface area (Å²) >= 11 is 0. The van der Waals surface area contributed by atoms with Crippen LogP contribution in [-0.4, -0.2) is 0 Å². The summed E-state index contributed by atoms with van der Waals surface area (Å²) in [5, 5.41) is 9.70. The molecule has 3 rings (SSSR count). The zero-order valence-corrected chi connectivity index (χ0v) is 19.2. The minimum Gasteiger partial charge on any atom is -0.466 e.